The first kappa shape index (κ1) is 34.1. The van der Waals surface area contributed by atoms with Crippen LogP contribution in [-0.4, -0.2) is 46.9 Å². The second-order valence-corrected chi connectivity index (χ2v) is 18.8. The molecule has 0 aliphatic carbocycles. The highest BCUT2D eigenvalue weighted by atomic mass is 28.4. The minimum Gasteiger partial charge on any atom is -0.496 e. The lowest BCUT2D eigenvalue weighted by molar-refractivity contribution is 0.0499. The zero-order valence-electron chi connectivity index (χ0n) is 28.5. The number of rotatable bonds is 11. The summed E-state index contributed by atoms with van der Waals surface area (Å²) in [6.45, 7) is 19.3. The van der Waals surface area contributed by atoms with Crippen LogP contribution in [0.4, 0.5) is 4.79 Å². The maximum absolute atomic E-state index is 12.7. The molecule has 1 atom stereocenters. The number of fused-ring (bicyclic) bond motifs is 1. The molecule has 0 saturated carbocycles. The van der Waals surface area contributed by atoms with E-state index in [1.54, 1.807) is 13.3 Å². The van der Waals surface area contributed by atoms with Crippen molar-refractivity contribution in [3.8, 4) is 22.8 Å². The average molecular weight is 632 g/mol. The Hall–Kier alpha value is -3.76. The van der Waals surface area contributed by atoms with Gasteiger partial charge in [-0.2, -0.15) is 5.10 Å². The van der Waals surface area contributed by atoms with Crippen molar-refractivity contribution in [3.63, 3.8) is 0 Å². The van der Waals surface area contributed by atoms with Crippen LogP contribution in [0, 0.1) is 0 Å². The highest BCUT2D eigenvalue weighted by Gasteiger charge is 2.37. The van der Waals surface area contributed by atoms with E-state index in [1.807, 2.05) is 67.9 Å². The molecule has 0 spiro atoms. The number of hydrogen-bond acceptors (Lipinski definition) is 7. The third kappa shape index (κ3) is 8.49. The fourth-order valence-corrected chi connectivity index (χ4v) is 5.63. The van der Waals surface area contributed by atoms with Gasteiger partial charge in [0.05, 0.1) is 53.9 Å². The van der Waals surface area contributed by atoms with Crippen molar-refractivity contribution in [2.45, 2.75) is 104 Å². The molecule has 242 valence electrons. The van der Waals surface area contributed by atoms with Crippen LogP contribution in [0.5, 0.6) is 5.75 Å². The molecular formula is C35H49N5O4Si. The summed E-state index contributed by atoms with van der Waals surface area (Å²) in [5.74, 6) is 1.39. The molecule has 0 unspecified atom stereocenters. The van der Waals surface area contributed by atoms with E-state index in [9.17, 15) is 4.79 Å². The van der Waals surface area contributed by atoms with E-state index in [4.69, 9.17) is 29.0 Å². The maximum Gasteiger partial charge on any atom is 0.408 e. The Morgan fingerprint density at radius 1 is 1.02 bits per heavy atom. The number of carbonyl (C=O) groups excluding carboxylic acids is 1. The molecule has 4 aromatic rings. The number of ether oxygens (including phenoxy) is 2. The van der Waals surface area contributed by atoms with Crippen LogP contribution in [0.1, 0.15) is 85.2 Å². The van der Waals surface area contributed by atoms with Gasteiger partial charge in [-0.3, -0.25) is 4.98 Å². The quantitative estimate of drug-likeness (QED) is 0.165. The molecule has 3 heterocycles. The Morgan fingerprint density at radius 3 is 2.42 bits per heavy atom. The summed E-state index contributed by atoms with van der Waals surface area (Å²) in [4.78, 5) is 22.6. The molecule has 1 aromatic carbocycles. The first-order valence-corrected chi connectivity index (χ1v) is 18.7. The first-order valence-electron chi connectivity index (χ1n) is 15.7. The molecule has 0 aliphatic rings. The van der Waals surface area contributed by atoms with Gasteiger partial charge in [-0.15, -0.1) is 0 Å². The Bertz CT molecular complexity index is 1620. The lowest BCUT2D eigenvalue weighted by Gasteiger charge is -2.36. The zero-order valence-corrected chi connectivity index (χ0v) is 29.5. The number of benzene rings is 1. The number of nitrogens with zero attached hydrogens (tertiary/aromatic N) is 4. The summed E-state index contributed by atoms with van der Waals surface area (Å²) in [5, 5.41) is 8.72. The van der Waals surface area contributed by atoms with Crippen LogP contribution in [0.25, 0.3) is 28.0 Å². The molecule has 1 amide bonds. The molecule has 0 bridgehead atoms. The second kappa shape index (κ2) is 13.7. The highest BCUT2D eigenvalue weighted by Crippen LogP contribution is 2.37. The molecule has 0 fully saturated rings. The maximum atomic E-state index is 12.7. The van der Waals surface area contributed by atoms with Gasteiger partial charge < -0.3 is 19.2 Å². The Balaban J connectivity index is 1.69. The molecule has 1 N–H and O–H groups in total. The van der Waals surface area contributed by atoms with Gasteiger partial charge in [-0.05, 0) is 81.7 Å². The van der Waals surface area contributed by atoms with Gasteiger partial charge in [-0.25, -0.2) is 14.5 Å². The van der Waals surface area contributed by atoms with Crippen molar-refractivity contribution < 1.29 is 18.7 Å². The van der Waals surface area contributed by atoms with Crippen molar-refractivity contribution >= 4 is 25.3 Å². The van der Waals surface area contributed by atoms with Crippen molar-refractivity contribution in [1.82, 2.24) is 25.1 Å². The fraction of sp³-hybridized carbons (Fsp3) is 0.486. The SMILES string of the molecule is CCCC[C@H](NC(=O)OC(C)(C)C)c1cccc(-c2cc(OC)c3cnn(-c4cccc(CO[Si](C)(C)C(C)(C)C)n4)c3c2)n1. The van der Waals surface area contributed by atoms with Crippen LogP contribution < -0.4 is 10.1 Å². The lowest BCUT2D eigenvalue weighted by Crippen LogP contribution is -2.40. The third-order valence-corrected chi connectivity index (χ3v) is 12.7. The van der Waals surface area contributed by atoms with Crippen molar-refractivity contribution in [3.05, 3.63) is 66.1 Å². The molecule has 3 aromatic heterocycles. The number of pyridine rings is 2. The van der Waals surface area contributed by atoms with Crippen LogP contribution >= 0.6 is 0 Å². The predicted molar refractivity (Wildman–Crippen MR) is 182 cm³/mol. The number of methoxy groups -OCH3 is 1. The molecule has 0 aliphatic heterocycles. The highest BCUT2D eigenvalue weighted by molar-refractivity contribution is 6.74. The van der Waals surface area contributed by atoms with Gasteiger partial charge in [0.1, 0.15) is 11.4 Å². The predicted octanol–water partition coefficient (Wildman–Crippen LogP) is 8.77. The summed E-state index contributed by atoms with van der Waals surface area (Å²) < 4.78 is 19.6. The summed E-state index contributed by atoms with van der Waals surface area (Å²) in [6.07, 6.45) is 4.04. The smallest absolute Gasteiger partial charge is 0.408 e. The number of unbranched alkanes of at least 4 members (excludes halogenated alkanes) is 1. The van der Waals surface area contributed by atoms with E-state index in [1.165, 1.54) is 0 Å². The monoisotopic (exact) mass is 631 g/mol. The molecular weight excluding hydrogens is 583 g/mol. The zero-order chi connectivity index (χ0) is 33.0. The van der Waals surface area contributed by atoms with E-state index in [0.29, 0.717) is 18.2 Å². The van der Waals surface area contributed by atoms with Gasteiger partial charge in [0.2, 0.25) is 0 Å². The van der Waals surface area contributed by atoms with Crippen LogP contribution in [0.15, 0.2) is 54.7 Å². The van der Waals surface area contributed by atoms with E-state index in [2.05, 4.69) is 52.2 Å². The van der Waals surface area contributed by atoms with Gasteiger partial charge in [0, 0.05) is 5.56 Å². The minimum atomic E-state index is -1.93. The topological polar surface area (TPSA) is 100 Å². The summed E-state index contributed by atoms with van der Waals surface area (Å²) in [5.41, 5.74) is 3.52. The molecule has 9 nitrogen and oxygen atoms in total. The Kier molecular flexibility index (Phi) is 10.4. The van der Waals surface area contributed by atoms with Gasteiger partial charge in [-0.1, -0.05) is 52.7 Å². The van der Waals surface area contributed by atoms with Crippen LogP contribution in [0.3, 0.4) is 0 Å². The third-order valence-electron chi connectivity index (χ3n) is 8.23. The standard InChI is InChI=1S/C35H49N5O4Si/c1-11-12-16-29(39-33(41)44-34(2,3)4)28-18-14-17-27(38-28)24-20-30-26(31(21-24)42-8)22-36-40(30)32-19-13-15-25(37-32)23-43-45(9,10)35(5,6)7/h13-15,17-22,29H,11-12,16,23H2,1-10H3,(H,39,41)/t29-/m0/s1. The van der Waals surface area contributed by atoms with E-state index in [-0.39, 0.29) is 11.1 Å². The molecule has 45 heavy (non-hydrogen) atoms. The first-order chi connectivity index (χ1) is 21.1. The lowest BCUT2D eigenvalue weighted by atomic mass is 10.0. The molecule has 4 rings (SSSR count). The number of nitrogens with one attached hydrogen (secondary N) is 1. The van der Waals surface area contributed by atoms with Gasteiger partial charge in [0.15, 0.2) is 14.1 Å². The van der Waals surface area contributed by atoms with E-state index >= 15 is 0 Å². The largest absolute Gasteiger partial charge is 0.496 e. The minimum absolute atomic E-state index is 0.114. The van der Waals surface area contributed by atoms with Crippen molar-refractivity contribution in [2.24, 2.45) is 0 Å². The summed E-state index contributed by atoms with van der Waals surface area (Å²) in [7, 11) is -0.274. The number of aromatic nitrogens is 4. The van der Waals surface area contributed by atoms with Gasteiger partial charge >= 0.3 is 6.09 Å². The van der Waals surface area contributed by atoms with Crippen molar-refractivity contribution in [1.29, 1.82) is 0 Å². The number of carbonyl (C=O) groups is 1. The Morgan fingerprint density at radius 2 is 1.76 bits per heavy atom. The summed E-state index contributed by atoms with van der Waals surface area (Å²) in [6, 6.07) is 15.5. The normalized spacial score (nSPS) is 13.1. The van der Waals surface area contributed by atoms with Crippen LogP contribution in [0.2, 0.25) is 18.1 Å². The van der Waals surface area contributed by atoms with Crippen LogP contribution in [-0.2, 0) is 15.8 Å². The van der Waals surface area contributed by atoms with Crippen molar-refractivity contribution in [2.75, 3.05) is 7.11 Å². The Labute approximate surface area is 268 Å². The number of alkyl carbamates (subject to hydrolysis) is 1. The second-order valence-electron chi connectivity index (χ2n) is 14.0. The van der Waals surface area contributed by atoms with E-state index < -0.39 is 20.0 Å². The molecule has 0 radical (unpaired) electrons. The number of amides is 1. The average Bonchev–Trinajstić information content (AvgIpc) is 3.41. The van der Waals surface area contributed by atoms with Gasteiger partial charge in [0.25, 0.3) is 0 Å². The molecule has 10 heteroatoms. The number of hydrogen-bond donors (Lipinski definition) is 1. The fourth-order valence-electron chi connectivity index (χ4n) is 4.69. The summed E-state index contributed by atoms with van der Waals surface area (Å²) >= 11 is 0. The molecule has 0 saturated heterocycles. The van der Waals surface area contributed by atoms with E-state index in [0.717, 1.165) is 52.8 Å².